The maximum Gasteiger partial charge on any atom is 0.490 e. The lowest BCUT2D eigenvalue weighted by Gasteiger charge is -2.13. The first-order chi connectivity index (χ1) is 22.0. The lowest BCUT2D eigenvalue weighted by molar-refractivity contribution is -0.192. The Bertz CT molecular complexity index is 1980. The summed E-state index contributed by atoms with van der Waals surface area (Å²) in [5.41, 5.74) is 10.3. The van der Waals surface area contributed by atoms with Crippen LogP contribution in [0.25, 0.3) is 33.2 Å². The summed E-state index contributed by atoms with van der Waals surface area (Å²) < 4.78 is 45.8. The third-order valence-corrected chi connectivity index (χ3v) is 6.81. The quantitative estimate of drug-likeness (QED) is 0.177. The number of para-hydroxylation sites is 1. The summed E-state index contributed by atoms with van der Waals surface area (Å²) in [6.07, 6.45) is -3.14. The predicted octanol–water partition coefficient (Wildman–Crippen LogP) is 4.33. The van der Waals surface area contributed by atoms with E-state index in [2.05, 4.69) is 10.6 Å². The number of fused-ring (bicyclic) bond motifs is 2. The van der Waals surface area contributed by atoms with E-state index in [1.54, 1.807) is 34.9 Å². The number of methoxy groups -OCH3 is 1. The van der Waals surface area contributed by atoms with Gasteiger partial charge in [-0.15, -0.1) is 0 Å². The highest BCUT2D eigenvalue weighted by Gasteiger charge is 2.38. The highest BCUT2D eigenvalue weighted by Crippen LogP contribution is 2.30. The Morgan fingerprint density at radius 1 is 1.04 bits per heavy atom. The number of carboxylic acids is 1. The van der Waals surface area contributed by atoms with E-state index in [9.17, 15) is 22.8 Å². The second kappa shape index (κ2) is 14.5. The molecule has 11 nitrogen and oxygen atoms in total. The molecule has 14 heteroatoms. The average molecular weight is 636 g/mol. The number of aromatic nitrogens is 3. The van der Waals surface area contributed by atoms with Crippen LogP contribution in [-0.4, -0.2) is 64.2 Å². The molecule has 0 amide bonds. The Morgan fingerprint density at radius 3 is 2.37 bits per heavy atom. The minimum Gasteiger partial charge on any atom is -0.475 e. The molecule has 46 heavy (non-hydrogen) atoms. The summed E-state index contributed by atoms with van der Waals surface area (Å²) in [4.78, 5) is 39.8. The second-order valence-corrected chi connectivity index (χ2v) is 9.81. The van der Waals surface area contributed by atoms with E-state index in [-0.39, 0.29) is 18.7 Å². The van der Waals surface area contributed by atoms with Gasteiger partial charge in [-0.05, 0) is 42.0 Å². The maximum atomic E-state index is 13.9. The first-order valence-corrected chi connectivity index (χ1v) is 13.8. The van der Waals surface area contributed by atoms with Gasteiger partial charge >= 0.3 is 18.1 Å². The Morgan fingerprint density at radius 2 is 1.74 bits per heavy atom. The average Bonchev–Trinajstić information content (AvgIpc) is 3.41. The summed E-state index contributed by atoms with van der Waals surface area (Å²) in [6, 6.07) is 22.4. The van der Waals surface area contributed by atoms with Crippen molar-refractivity contribution in [2.75, 3.05) is 26.9 Å². The Kier molecular flexibility index (Phi) is 10.5. The van der Waals surface area contributed by atoms with Gasteiger partial charge in [0.25, 0.3) is 5.56 Å². The number of aliphatic carboxylic acids is 1. The van der Waals surface area contributed by atoms with Crippen molar-refractivity contribution in [2.24, 2.45) is 5.73 Å². The number of carbonyl (C=O) groups is 2. The summed E-state index contributed by atoms with van der Waals surface area (Å²) in [7, 11) is 1.31. The Balaban J connectivity index is 0.000000617. The van der Waals surface area contributed by atoms with Crippen molar-refractivity contribution >= 4 is 33.9 Å². The molecule has 0 radical (unpaired) electrons. The van der Waals surface area contributed by atoms with Crippen molar-refractivity contribution < 1.29 is 37.3 Å². The van der Waals surface area contributed by atoms with Crippen LogP contribution >= 0.6 is 0 Å². The zero-order valence-corrected chi connectivity index (χ0v) is 24.5. The zero-order valence-electron chi connectivity index (χ0n) is 24.5. The van der Waals surface area contributed by atoms with Crippen molar-refractivity contribution in [2.45, 2.75) is 19.3 Å². The predicted molar refractivity (Wildman–Crippen MR) is 162 cm³/mol. The first-order valence-electron chi connectivity index (χ1n) is 13.8. The molecule has 0 aliphatic rings. The monoisotopic (exact) mass is 635 g/mol. The van der Waals surface area contributed by atoms with Gasteiger partial charge in [0.15, 0.2) is 0 Å². The fourth-order valence-corrected chi connectivity index (χ4v) is 4.67. The molecule has 238 valence electrons. The molecule has 5 aromatic rings. The van der Waals surface area contributed by atoms with Crippen LogP contribution in [0.1, 0.15) is 21.5 Å². The summed E-state index contributed by atoms with van der Waals surface area (Å²) in [5, 5.41) is 17.1. The molecule has 3 N–H and O–H groups in total. The Labute approximate surface area is 259 Å². The number of nitrogens with zero attached hydrogens (tertiary/aromatic N) is 4. The number of nitrogens with two attached hydrogens (primary N) is 1. The van der Waals surface area contributed by atoms with E-state index in [1.807, 2.05) is 42.6 Å². The van der Waals surface area contributed by atoms with Crippen LogP contribution in [0.5, 0.6) is 0 Å². The number of alkyl halides is 3. The van der Waals surface area contributed by atoms with Gasteiger partial charge in [-0.3, -0.25) is 4.79 Å². The van der Waals surface area contributed by atoms with Gasteiger partial charge in [0.05, 0.1) is 48.6 Å². The van der Waals surface area contributed by atoms with Crippen LogP contribution in [0, 0.1) is 11.3 Å². The summed E-state index contributed by atoms with van der Waals surface area (Å²) in [6.45, 7) is 1.85. The van der Waals surface area contributed by atoms with E-state index < -0.39 is 18.1 Å². The van der Waals surface area contributed by atoms with Gasteiger partial charge in [0, 0.05) is 42.3 Å². The molecular formula is C32H28F3N5O6. The van der Waals surface area contributed by atoms with Gasteiger partial charge in [-0.25, -0.2) is 14.6 Å². The molecule has 0 saturated heterocycles. The third-order valence-electron chi connectivity index (χ3n) is 6.81. The third kappa shape index (κ3) is 7.57. The van der Waals surface area contributed by atoms with Gasteiger partial charge in [0.1, 0.15) is 5.69 Å². The summed E-state index contributed by atoms with van der Waals surface area (Å²) >= 11 is 0. The number of benzene rings is 3. The smallest absolute Gasteiger partial charge is 0.475 e. The lowest BCUT2D eigenvalue weighted by Crippen LogP contribution is -2.26. The minimum atomic E-state index is -5.08. The SMILES string of the molecule is COC(=O)c1ccc2nc(-c3cn(Cc4ccc(C#N)cc4)c4ccccc34)c(=O)n(CCOCCN)c2c1.O=C(O)C(F)(F)F. The highest BCUT2D eigenvalue weighted by molar-refractivity contribution is 5.97. The molecule has 0 aliphatic carbocycles. The zero-order chi connectivity index (χ0) is 33.4. The molecule has 0 bridgehead atoms. The lowest BCUT2D eigenvalue weighted by atomic mass is 10.1. The van der Waals surface area contributed by atoms with Crippen molar-refractivity contribution in [3.05, 3.63) is 100.0 Å². The number of hydrogen-bond acceptors (Lipinski definition) is 8. The Hall–Kier alpha value is -5.52. The number of rotatable bonds is 9. The number of nitriles is 1. The first kappa shape index (κ1) is 33.4. The standard InChI is InChI=1S/C30H27N5O4.C2HF3O2/c1-38-30(37)22-10-11-25-27(16-22)35(13-15-39-14-12-31)29(36)28(33-25)24-19-34(26-5-3-2-4-23(24)26)18-21-8-6-20(17-32)7-9-21;3-2(4,5)1(6)7/h2-11,16,19H,12-15,18,31H2,1H3;(H,6,7). The van der Waals surface area contributed by atoms with Crippen LogP contribution < -0.4 is 11.3 Å². The van der Waals surface area contributed by atoms with Gasteiger partial charge in [-0.2, -0.15) is 18.4 Å². The number of halogens is 3. The number of ether oxygens (including phenoxy) is 2. The normalized spacial score (nSPS) is 11.1. The van der Waals surface area contributed by atoms with E-state index in [4.69, 9.17) is 35.4 Å². The minimum absolute atomic E-state index is 0.263. The number of carboxylic acid groups (broad SMARTS) is 1. The van der Waals surface area contributed by atoms with E-state index >= 15 is 0 Å². The number of esters is 1. The fourth-order valence-electron chi connectivity index (χ4n) is 4.67. The molecule has 0 atom stereocenters. The molecule has 2 heterocycles. The molecule has 5 rings (SSSR count). The van der Waals surface area contributed by atoms with Gasteiger partial charge in [-0.1, -0.05) is 30.3 Å². The largest absolute Gasteiger partial charge is 0.490 e. The van der Waals surface area contributed by atoms with Gasteiger partial charge in [0.2, 0.25) is 0 Å². The van der Waals surface area contributed by atoms with Crippen molar-refractivity contribution in [1.82, 2.24) is 14.1 Å². The molecular weight excluding hydrogens is 607 g/mol. The second-order valence-electron chi connectivity index (χ2n) is 9.81. The molecule has 0 unspecified atom stereocenters. The van der Waals surface area contributed by atoms with Crippen LogP contribution in [0.2, 0.25) is 0 Å². The van der Waals surface area contributed by atoms with Gasteiger partial charge < -0.3 is 29.4 Å². The van der Waals surface area contributed by atoms with Crippen molar-refractivity contribution in [1.29, 1.82) is 5.26 Å². The van der Waals surface area contributed by atoms with E-state index in [1.165, 1.54) is 7.11 Å². The molecule has 0 fully saturated rings. The molecule has 2 aromatic heterocycles. The number of hydrogen-bond donors (Lipinski definition) is 2. The fraction of sp³-hybridized carbons (Fsp3) is 0.219. The molecule has 0 spiro atoms. The summed E-state index contributed by atoms with van der Waals surface area (Å²) in [5.74, 6) is -3.25. The molecule has 3 aromatic carbocycles. The molecule has 0 aliphatic heterocycles. The van der Waals surface area contributed by atoms with Crippen LogP contribution in [0.15, 0.2) is 77.7 Å². The van der Waals surface area contributed by atoms with E-state index in [0.717, 1.165) is 16.5 Å². The van der Waals surface area contributed by atoms with E-state index in [0.29, 0.717) is 53.1 Å². The van der Waals surface area contributed by atoms with Crippen molar-refractivity contribution in [3.8, 4) is 17.3 Å². The van der Waals surface area contributed by atoms with Crippen molar-refractivity contribution in [3.63, 3.8) is 0 Å². The maximum absolute atomic E-state index is 13.9. The number of carbonyl (C=O) groups excluding carboxylic acids is 1. The van der Waals surface area contributed by atoms with Crippen LogP contribution in [0.4, 0.5) is 13.2 Å². The highest BCUT2D eigenvalue weighted by atomic mass is 19.4. The topological polar surface area (TPSA) is 162 Å². The molecule has 0 saturated carbocycles. The van der Waals surface area contributed by atoms with Crippen LogP contribution in [0.3, 0.4) is 0 Å². The van der Waals surface area contributed by atoms with Crippen LogP contribution in [-0.2, 0) is 27.4 Å².